The minimum Gasteiger partial charge on any atom is -0.396 e. The molecular formula is C8H8F3N. The van der Waals surface area contributed by atoms with Crippen molar-refractivity contribution in [2.24, 2.45) is 0 Å². The van der Waals surface area contributed by atoms with E-state index in [4.69, 9.17) is 5.73 Å². The van der Waals surface area contributed by atoms with Gasteiger partial charge in [-0.1, -0.05) is 6.07 Å². The van der Waals surface area contributed by atoms with E-state index in [1.54, 1.807) is 0 Å². The fraction of sp³-hybridized carbons (Fsp3) is 0.250. The first-order chi connectivity index (χ1) is 5.43. The number of benzene rings is 1. The van der Waals surface area contributed by atoms with Crippen LogP contribution in [0.25, 0.3) is 0 Å². The van der Waals surface area contributed by atoms with Crippen LogP contribution in [0.5, 0.6) is 0 Å². The lowest BCUT2D eigenvalue weighted by molar-refractivity contribution is 0.0139. The molecule has 66 valence electrons. The largest absolute Gasteiger partial charge is 0.396 e. The van der Waals surface area contributed by atoms with E-state index in [1.165, 1.54) is 12.1 Å². The fourth-order valence-corrected chi connectivity index (χ4v) is 0.889. The molecule has 1 aromatic carbocycles. The van der Waals surface area contributed by atoms with E-state index in [-0.39, 0.29) is 5.69 Å². The molecule has 0 aliphatic carbocycles. The molecule has 1 nitrogen and oxygen atoms in total. The molecule has 0 saturated carbocycles. The molecule has 0 aromatic heterocycles. The Labute approximate surface area is 68.0 Å². The van der Waals surface area contributed by atoms with E-state index in [0.717, 1.165) is 6.07 Å². The Morgan fingerprint density at radius 3 is 2.33 bits per heavy atom. The molecule has 0 fully saturated rings. The number of nitrogens with two attached hydrogens (primary N) is 1. The highest BCUT2D eigenvalue weighted by atomic mass is 19.3. The zero-order valence-electron chi connectivity index (χ0n) is 6.44. The van der Waals surface area contributed by atoms with Gasteiger partial charge < -0.3 is 5.73 Å². The molecule has 0 saturated heterocycles. The van der Waals surface area contributed by atoms with E-state index in [0.29, 0.717) is 6.92 Å². The summed E-state index contributed by atoms with van der Waals surface area (Å²) in [5, 5.41) is 0. The Morgan fingerprint density at radius 1 is 1.33 bits per heavy atom. The van der Waals surface area contributed by atoms with E-state index >= 15 is 0 Å². The molecule has 0 unspecified atom stereocenters. The lowest BCUT2D eigenvalue weighted by Gasteiger charge is -2.11. The first-order valence-electron chi connectivity index (χ1n) is 3.35. The van der Waals surface area contributed by atoms with Crippen molar-refractivity contribution in [2.75, 3.05) is 5.73 Å². The van der Waals surface area contributed by atoms with Crippen LogP contribution in [0.2, 0.25) is 0 Å². The summed E-state index contributed by atoms with van der Waals surface area (Å²) in [6.07, 6.45) is 0. The topological polar surface area (TPSA) is 26.0 Å². The summed E-state index contributed by atoms with van der Waals surface area (Å²) >= 11 is 0. The van der Waals surface area contributed by atoms with Gasteiger partial charge in [-0.25, -0.2) is 13.2 Å². The van der Waals surface area contributed by atoms with Crippen molar-refractivity contribution in [2.45, 2.75) is 12.8 Å². The van der Waals surface area contributed by atoms with Crippen LogP contribution in [0.3, 0.4) is 0 Å². The Hall–Kier alpha value is -1.19. The first kappa shape index (κ1) is 8.90. The predicted octanol–water partition coefficient (Wildman–Crippen LogP) is 2.52. The highest BCUT2D eigenvalue weighted by Gasteiger charge is 2.28. The molecule has 0 bridgehead atoms. The van der Waals surface area contributed by atoms with E-state index in [9.17, 15) is 13.2 Å². The summed E-state index contributed by atoms with van der Waals surface area (Å²) < 4.78 is 38.1. The summed E-state index contributed by atoms with van der Waals surface area (Å²) in [6.45, 7) is 0.630. The van der Waals surface area contributed by atoms with E-state index < -0.39 is 17.3 Å². The number of hydrogen-bond acceptors (Lipinski definition) is 1. The molecule has 1 aromatic rings. The summed E-state index contributed by atoms with van der Waals surface area (Å²) in [5.41, 5.74) is 4.19. The van der Waals surface area contributed by atoms with E-state index in [2.05, 4.69) is 0 Å². The second kappa shape index (κ2) is 2.69. The SMILES string of the molecule is CC(F)(F)c1cccc(N)c1F. The molecule has 0 radical (unpaired) electrons. The summed E-state index contributed by atoms with van der Waals surface area (Å²) in [6, 6.07) is 3.56. The van der Waals surface area contributed by atoms with Crippen LogP contribution in [-0.2, 0) is 5.92 Å². The maximum absolute atomic E-state index is 12.9. The maximum atomic E-state index is 12.9. The molecule has 0 heterocycles. The van der Waals surface area contributed by atoms with Crippen LogP contribution < -0.4 is 5.73 Å². The Bertz CT molecular complexity index is 291. The smallest absolute Gasteiger partial charge is 0.273 e. The Morgan fingerprint density at radius 2 is 1.92 bits per heavy atom. The molecule has 0 aliphatic heterocycles. The first-order valence-corrected chi connectivity index (χ1v) is 3.35. The summed E-state index contributed by atoms with van der Waals surface area (Å²) in [7, 11) is 0. The molecule has 0 spiro atoms. The zero-order chi connectivity index (χ0) is 9.35. The standard InChI is InChI=1S/C8H8F3N/c1-8(10,11)5-3-2-4-6(12)7(5)9/h2-4H,12H2,1H3. The number of anilines is 1. The molecule has 0 amide bonds. The van der Waals surface area contributed by atoms with Gasteiger partial charge in [0, 0.05) is 6.92 Å². The minimum absolute atomic E-state index is 0.256. The van der Waals surface area contributed by atoms with Gasteiger partial charge in [-0.15, -0.1) is 0 Å². The van der Waals surface area contributed by atoms with Gasteiger partial charge in [-0.2, -0.15) is 0 Å². The monoisotopic (exact) mass is 175 g/mol. The van der Waals surface area contributed by atoms with Gasteiger partial charge in [0.05, 0.1) is 11.3 Å². The number of nitrogen functional groups attached to an aromatic ring is 1. The fourth-order valence-electron chi connectivity index (χ4n) is 0.889. The quantitative estimate of drug-likeness (QED) is 0.652. The predicted molar refractivity (Wildman–Crippen MR) is 40.4 cm³/mol. The number of hydrogen-bond donors (Lipinski definition) is 1. The van der Waals surface area contributed by atoms with Crippen LogP contribution in [0, 0.1) is 5.82 Å². The highest BCUT2D eigenvalue weighted by molar-refractivity contribution is 5.44. The van der Waals surface area contributed by atoms with Crippen molar-refractivity contribution in [3.05, 3.63) is 29.6 Å². The molecule has 12 heavy (non-hydrogen) atoms. The Kier molecular flexibility index (Phi) is 2.00. The van der Waals surface area contributed by atoms with Crippen molar-refractivity contribution in [1.82, 2.24) is 0 Å². The second-order valence-electron chi connectivity index (χ2n) is 2.60. The normalized spacial score (nSPS) is 11.7. The third kappa shape index (κ3) is 1.52. The van der Waals surface area contributed by atoms with Crippen LogP contribution in [-0.4, -0.2) is 0 Å². The van der Waals surface area contributed by atoms with Gasteiger partial charge in [0.25, 0.3) is 5.92 Å². The molecule has 1 rings (SSSR count). The number of halogens is 3. The molecule has 0 atom stereocenters. The Balaban J connectivity index is 3.26. The van der Waals surface area contributed by atoms with Gasteiger partial charge in [0.1, 0.15) is 0 Å². The van der Waals surface area contributed by atoms with Gasteiger partial charge in [0.2, 0.25) is 0 Å². The van der Waals surface area contributed by atoms with Crippen molar-refractivity contribution in [1.29, 1.82) is 0 Å². The minimum atomic E-state index is -3.18. The molecular weight excluding hydrogens is 167 g/mol. The molecule has 2 N–H and O–H groups in total. The maximum Gasteiger partial charge on any atom is 0.273 e. The third-order valence-electron chi connectivity index (χ3n) is 1.50. The van der Waals surface area contributed by atoms with Gasteiger partial charge >= 0.3 is 0 Å². The summed E-state index contributed by atoms with van der Waals surface area (Å²) in [5.74, 6) is -4.22. The summed E-state index contributed by atoms with van der Waals surface area (Å²) in [4.78, 5) is 0. The van der Waals surface area contributed by atoms with Crippen LogP contribution in [0.1, 0.15) is 12.5 Å². The van der Waals surface area contributed by atoms with Crippen molar-refractivity contribution < 1.29 is 13.2 Å². The lowest BCUT2D eigenvalue weighted by atomic mass is 10.1. The van der Waals surface area contributed by atoms with Gasteiger partial charge in [0.15, 0.2) is 5.82 Å². The average molecular weight is 175 g/mol. The van der Waals surface area contributed by atoms with Crippen LogP contribution in [0.4, 0.5) is 18.9 Å². The van der Waals surface area contributed by atoms with Crippen molar-refractivity contribution in [3.8, 4) is 0 Å². The van der Waals surface area contributed by atoms with Crippen molar-refractivity contribution in [3.63, 3.8) is 0 Å². The molecule has 4 heteroatoms. The highest BCUT2D eigenvalue weighted by Crippen LogP contribution is 2.30. The average Bonchev–Trinajstić information content (AvgIpc) is 1.92. The zero-order valence-corrected chi connectivity index (χ0v) is 6.44. The van der Waals surface area contributed by atoms with Crippen LogP contribution in [0.15, 0.2) is 18.2 Å². The van der Waals surface area contributed by atoms with Gasteiger partial charge in [-0.3, -0.25) is 0 Å². The number of rotatable bonds is 1. The van der Waals surface area contributed by atoms with Gasteiger partial charge in [-0.05, 0) is 12.1 Å². The lowest BCUT2D eigenvalue weighted by Crippen LogP contribution is -2.11. The number of alkyl halides is 2. The van der Waals surface area contributed by atoms with Crippen LogP contribution >= 0.6 is 0 Å². The molecule has 0 aliphatic rings. The second-order valence-corrected chi connectivity index (χ2v) is 2.60. The van der Waals surface area contributed by atoms with Crippen molar-refractivity contribution >= 4 is 5.69 Å². The van der Waals surface area contributed by atoms with E-state index in [1.807, 2.05) is 0 Å². The third-order valence-corrected chi connectivity index (χ3v) is 1.50.